The van der Waals surface area contributed by atoms with E-state index in [9.17, 15) is 4.79 Å². The summed E-state index contributed by atoms with van der Waals surface area (Å²) in [5.74, 6) is 1.79. The zero-order valence-electron chi connectivity index (χ0n) is 13.4. The number of nitrogens with two attached hydrogens (primary N) is 1. The van der Waals surface area contributed by atoms with Gasteiger partial charge in [-0.2, -0.15) is 4.98 Å². The average Bonchev–Trinajstić information content (AvgIpc) is 2.99. The zero-order valence-corrected chi connectivity index (χ0v) is 13.4. The van der Waals surface area contributed by atoms with Crippen molar-refractivity contribution in [3.05, 3.63) is 47.1 Å². The van der Waals surface area contributed by atoms with Crippen LogP contribution in [0, 0.1) is 12.8 Å². The highest BCUT2D eigenvalue weighted by Crippen LogP contribution is 2.21. The van der Waals surface area contributed by atoms with Crippen LogP contribution in [-0.2, 0) is 13.0 Å². The molecule has 1 aromatic carbocycles. The molecule has 0 unspecified atom stereocenters. The fraction of sp³-hybridized carbons (Fsp3) is 0.471. The van der Waals surface area contributed by atoms with E-state index in [4.69, 9.17) is 10.3 Å². The summed E-state index contributed by atoms with van der Waals surface area (Å²) in [7, 11) is 0. The lowest BCUT2D eigenvalue weighted by Gasteiger charge is -2.32. The van der Waals surface area contributed by atoms with E-state index in [-0.39, 0.29) is 5.91 Å². The maximum atomic E-state index is 12.6. The molecule has 6 nitrogen and oxygen atoms in total. The number of benzene rings is 1. The van der Waals surface area contributed by atoms with Gasteiger partial charge in [-0.15, -0.1) is 0 Å². The van der Waals surface area contributed by atoms with Gasteiger partial charge in [-0.25, -0.2) is 0 Å². The fourth-order valence-electron chi connectivity index (χ4n) is 3.06. The Balaban J connectivity index is 1.63. The number of carbonyl (C=O) groups excluding carboxylic acids is 1. The van der Waals surface area contributed by atoms with E-state index in [1.165, 1.54) is 0 Å². The van der Waals surface area contributed by atoms with E-state index in [1.54, 1.807) is 6.92 Å². The molecule has 1 aliphatic heterocycles. The van der Waals surface area contributed by atoms with E-state index in [2.05, 4.69) is 10.1 Å². The van der Waals surface area contributed by atoms with Gasteiger partial charge in [0.05, 0.1) is 0 Å². The summed E-state index contributed by atoms with van der Waals surface area (Å²) in [6.45, 7) is 3.83. The van der Waals surface area contributed by atoms with Gasteiger partial charge in [-0.3, -0.25) is 4.79 Å². The quantitative estimate of drug-likeness (QED) is 0.932. The third-order valence-corrected chi connectivity index (χ3v) is 4.28. The molecule has 0 aliphatic carbocycles. The number of amides is 1. The number of rotatable bonds is 4. The van der Waals surface area contributed by atoms with Crippen LogP contribution in [0.25, 0.3) is 0 Å². The van der Waals surface area contributed by atoms with Gasteiger partial charge in [0, 0.05) is 38.5 Å². The molecular formula is C17H22N4O2. The third kappa shape index (κ3) is 3.76. The van der Waals surface area contributed by atoms with Gasteiger partial charge in [-0.05, 0) is 36.5 Å². The summed E-state index contributed by atoms with van der Waals surface area (Å²) in [5.41, 5.74) is 7.35. The summed E-state index contributed by atoms with van der Waals surface area (Å²) in [6.07, 6.45) is 2.85. The molecule has 0 saturated carbocycles. The summed E-state index contributed by atoms with van der Waals surface area (Å²) in [4.78, 5) is 18.8. The van der Waals surface area contributed by atoms with Gasteiger partial charge < -0.3 is 15.2 Å². The Morgan fingerprint density at radius 3 is 2.83 bits per heavy atom. The van der Waals surface area contributed by atoms with Crippen molar-refractivity contribution in [2.75, 3.05) is 13.1 Å². The average molecular weight is 314 g/mol. The second-order valence-corrected chi connectivity index (χ2v) is 6.09. The predicted octanol–water partition coefficient (Wildman–Crippen LogP) is 1.93. The normalized spacial score (nSPS) is 18.2. The summed E-state index contributed by atoms with van der Waals surface area (Å²) in [5, 5.41) is 3.96. The maximum absolute atomic E-state index is 12.6. The molecule has 1 saturated heterocycles. The van der Waals surface area contributed by atoms with Crippen LogP contribution in [0.15, 0.2) is 28.8 Å². The van der Waals surface area contributed by atoms with Crippen LogP contribution >= 0.6 is 0 Å². The lowest BCUT2D eigenvalue weighted by atomic mass is 9.94. The van der Waals surface area contributed by atoms with Gasteiger partial charge >= 0.3 is 0 Å². The zero-order chi connectivity index (χ0) is 16.2. The van der Waals surface area contributed by atoms with E-state index in [0.29, 0.717) is 18.4 Å². The van der Waals surface area contributed by atoms with Crippen LogP contribution in [0.1, 0.15) is 40.5 Å². The Kier molecular flexibility index (Phi) is 4.71. The molecule has 6 heteroatoms. The van der Waals surface area contributed by atoms with Gasteiger partial charge in [0.2, 0.25) is 5.89 Å². The molecule has 2 N–H and O–H groups in total. The lowest BCUT2D eigenvalue weighted by molar-refractivity contribution is 0.0672. The number of hydrogen-bond acceptors (Lipinski definition) is 5. The Labute approximate surface area is 135 Å². The topological polar surface area (TPSA) is 85.2 Å². The van der Waals surface area contributed by atoms with Crippen molar-refractivity contribution in [2.24, 2.45) is 11.7 Å². The van der Waals surface area contributed by atoms with Gasteiger partial charge in [-0.1, -0.05) is 17.3 Å². The summed E-state index contributed by atoms with van der Waals surface area (Å²) < 4.78 is 5.02. The molecule has 0 spiro atoms. The van der Waals surface area contributed by atoms with Crippen LogP contribution in [0.4, 0.5) is 0 Å². The van der Waals surface area contributed by atoms with Crippen molar-refractivity contribution >= 4 is 5.91 Å². The van der Waals surface area contributed by atoms with E-state index in [0.717, 1.165) is 49.3 Å². The Bertz CT molecular complexity index is 665. The molecule has 1 fully saturated rings. The second kappa shape index (κ2) is 6.91. The number of aryl methyl sites for hydroxylation is 1. The van der Waals surface area contributed by atoms with Crippen molar-refractivity contribution in [3.8, 4) is 0 Å². The molecule has 1 aliphatic rings. The van der Waals surface area contributed by atoms with Crippen molar-refractivity contribution in [1.82, 2.24) is 15.0 Å². The first-order chi connectivity index (χ1) is 11.2. The first-order valence-electron chi connectivity index (χ1n) is 8.03. The Hall–Kier alpha value is -2.21. The van der Waals surface area contributed by atoms with Gasteiger partial charge in [0.1, 0.15) is 0 Å². The number of hydrogen-bond donors (Lipinski definition) is 1. The second-order valence-electron chi connectivity index (χ2n) is 6.09. The minimum atomic E-state index is 0.0857. The molecule has 23 heavy (non-hydrogen) atoms. The Morgan fingerprint density at radius 1 is 1.39 bits per heavy atom. The van der Waals surface area contributed by atoms with E-state index >= 15 is 0 Å². The highest BCUT2D eigenvalue weighted by Gasteiger charge is 2.25. The van der Waals surface area contributed by atoms with Crippen molar-refractivity contribution in [1.29, 1.82) is 0 Å². The number of aromatic nitrogens is 2. The maximum Gasteiger partial charge on any atom is 0.253 e. The largest absolute Gasteiger partial charge is 0.340 e. The first-order valence-corrected chi connectivity index (χ1v) is 8.03. The molecule has 1 amide bonds. The Morgan fingerprint density at radius 2 is 2.17 bits per heavy atom. The molecule has 2 heterocycles. The molecule has 0 radical (unpaired) electrons. The molecule has 2 aromatic rings. The standard InChI is InChI=1S/C17H22N4O2/c1-12-19-16(20-23-12)9-14-3-2-8-21(11-14)17(22)15-6-4-13(10-18)5-7-15/h4-7,14H,2-3,8-11,18H2,1H3/t14-/m1/s1. The van der Waals surface area contributed by atoms with Crippen molar-refractivity contribution in [2.45, 2.75) is 32.7 Å². The number of likely N-dealkylation sites (tertiary alicyclic amines) is 1. The number of piperidine rings is 1. The molecule has 1 atom stereocenters. The van der Waals surface area contributed by atoms with Crippen LogP contribution in [0.3, 0.4) is 0 Å². The molecular weight excluding hydrogens is 292 g/mol. The molecule has 0 bridgehead atoms. The monoisotopic (exact) mass is 314 g/mol. The minimum absolute atomic E-state index is 0.0857. The predicted molar refractivity (Wildman–Crippen MR) is 85.7 cm³/mol. The summed E-state index contributed by atoms with van der Waals surface area (Å²) >= 11 is 0. The first kappa shape index (κ1) is 15.7. The SMILES string of the molecule is Cc1nc(C[C@H]2CCCN(C(=O)c3ccc(CN)cc3)C2)no1. The molecule has 1 aromatic heterocycles. The number of nitrogens with zero attached hydrogens (tertiary/aromatic N) is 3. The van der Waals surface area contributed by atoms with Gasteiger partial charge in [0.15, 0.2) is 5.82 Å². The molecule has 122 valence electrons. The van der Waals surface area contributed by atoms with Gasteiger partial charge in [0.25, 0.3) is 5.91 Å². The molecule has 3 rings (SSSR count). The van der Waals surface area contributed by atoms with Crippen molar-refractivity contribution < 1.29 is 9.32 Å². The third-order valence-electron chi connectivity index (χ3n) is 4.28. The fourth-order valence-corrected chi connectivity index (χ4v) is 3.06. The van der Waals surface area contributed by atoms with Crippen LogP contribution in [-0.4, -0.2) is 34.0 Å². The smallest absolute Gasteiger partial charge is 0.253 e. The van der Waals surface area contributed by atoms with Crippen molar-refractivity contribution in [3.63, 3.8) is 0 Å². The lowest BCUT2D eigenvalue weighted by Crippen LogP contribution is -2.40. The summed E-state index contributed by atoms with van der Waals surface area (Å²) in [6, 6.07) is 7.54. The van der Waals surface area contributed by atoms with E-state index < -0.39 is 0 Å². The minimum Gasteiger partial charge on any atom is -0.340 e. The van der Waals surface area contributed by atoms with E-state index in [1.807, 2.05) is 29.2 Å². The number of carbonyl (C=O) groups is 1. The highest BCUT2D eigenvalue weighted by atomic mass is 16.5. The highest BCUT2D eigenvalue weighted by molar-refractivity contribution is 5.94. The van der Waals surface area contributed by atoms with Crippen LogP contribution in [0.2, 0.25) is 0 Å². The van der Waals surface area contributed by atoms with Crippen LogP contribution in [0.5, 0.6) is 0 Å². The van der Waals surface area contributed by atoms with Crippen LogP contribution < -0.4 is 5.73 Å².